The monoisotopic (exact) mass is 310 g/mol. The number of carbonyl (C=O) groups excluding carboxylic acids is 1. The van der Waals surface area contributed by atoms with Crippen molar-refractivity contribution in [1.29, 1.82) is 0 Å². The first kappa shape index (κ1) is 19.2. The summed E-state index contributed by atoms with van der Waals surface area (Å²) in [6.45, 7) is 10.3. The molecule has 1 rings (SSSR count). The van der Waals surface area contributed by atoms with Crippen LogP contribution in [0.25, 0.3) is 0 Å². The van der Waals surface area contributed by atoms with Crippen LogP contribution < -0.4 is 0 Å². The highest BCUT2D eigenvalue weighted by Crippen LogP contribution is 2.16. The van der Waals surface area contributed by atoms with Gasteiger partial charge >= 0.3 is 0 Å². The van der Waals surface area contributed by atoms with E-state index < -0.39 is 0 Å². The zero-order valence-corrected chi connectivity index (χ0v) is 15.0. The van der Waals surface area contributed by atoms with Crippen LogP contribution in [0.15, 0.2) is 30.9 Å². The van der Waals surface area contributed by atoms with Crippen LogP contribution in [0, 0.1) is 24.7 Å². The maximum absolute atomic E-state index is 12.3. The van der Waals surface area contributed by atoms with E-state index in [1.165, 1.54) is 25.7 Å². The first-order chi connectivity index (χ1) is 11.1. The highest BCUT2D eigenvalue weighted by atomic mass is 16.1. The third kappa shape index (κ3) is 6.87. The Labute approximate surface area is 142 Å². The van der Waals surface area contributed by atoms with Crippen molar-refractivity contribution in [2.75, 3.05) is 0 Å². The van der Waals surface area contributed by atoms with Crippen LogP contribution in [-0.4, -0.2) is 5.78 Å². The van der Waals surface area contributed by atoms with E-state index in [2.05, 4.69) is 32.3 Å². The molecule has 0 aromatic heterocycles. The van der Waals surface area contributed by atoms with Gasteiger partial charge in [-0.1, -0.05) is 69.7 Å². The normalized spacial score (nSPS) is 11.4. The Balaban J connectivity index is 2.58. The second-order valence-electron chi connectivity index (χ2n) is 6.36. The lowest BCUT2D eigenvalue weighted by Crippen LogP contribution is -2.03. The Morgan fingerprint density at radius 1 is 1.30 bits per heavy atom. The first-order valence-electron chi connectivity index (χ1n) is 8.82. The largest absolute Gasteiger partial charge is 0.279 e. The molecule has 0 radical (unpaired) electrons. The van der Waals surface area contributed by atoms with E-state index in [1.54, 1.807) is 0 Å². The molecular formula is C22H30O. The number of hydrogen-bond acceptors (Lipinski definition) is 1. The van der Waals surface area contributed by atoms with Crippen molar-refractivity contribution < 1.29 is 4.79 Å². The second-order valence-corrected chi connectivity index (χ2v) is 6.36. The summed E-state index contributed by atoms with van der Waals surface area (Å²) in [4.78, 5) is 12.3. The minimum atomic E-state index is -0.0656. The molecule has 1 aromatic carbocycles. The van der Waals surface area contributed by atoms with Crippen LogP contribution in [0.4, 0.5) is 0 Å². The molecule has 0 saturated heterocycles. The molecule has 0 heterocycles. The van der Waals surface area contributed by atoms with Crippen molar-refractivity contribution in [2.45, 2.75) is 65.7 Å². The van der Waals surface area contributed by atoms with Gasteiger partial charge in [0.1, 0.15) is 0 Å². The van der Waals surface area contributed by atoms with Crippen molar-refractivity contribution in [3.63, 3.8) is 0 Å². The summed E-state index contributed by atoms with van der Waals surface area (Å²) in [5, 5.41) is 0. The average Bonchev–Trinajstić information content (AvgIpc) is 2.53. The summed E-state index contributed by atoms with van der Waals surface area (Å²) in [6, 6.07) is 5.82. The average molecular weight is 310 g/mol. The van der Waals surface area contributed by atoms with Crippen LogP contribution in [0.1, 0.15) is 73.9 Å². The van der Waals surface area contributed by atoms with Gasteiger partial charge in [0.25, 0.3) is 0 Å². The maximum atomic E-state index is 12.3. The fourth-order valence-electron chi connectivity index (χ4n) is 2.75. The lowest BCUT2D eigenvalue weighted by atomic mass is 9.96. The van der Waals surface area contributed by atoms with Gasteiger partial charge in [0.15, 0.2) is 0 Å². The summed E-state index contributed by atoms with van der Waals surface area (Å²) in [7, 11) is 0. The molecule has 0 N–H and O–H groups in total. The minimum absolute atomic E-state index is 0.0656. The molecule has 1 atom stereocenters. The third-order valence-electron chi connectivity index (χ3n) is 4.27. The number of carbonyl (C=O) groups is 1. The Morgan fingerprint density at radius 3 is 2.78 bits per heavy atom. The minimum Gasteiger partial charge on any atom is -0.279 e. The van der Waals surface area contributed by atoms with Gasteiger partial charge in [-0.2, -0.15) is 0 Å². The van der Waals surface area contributed by atoms with Crippen LogP contribution in [0.5, 0.6) is 0 Å². The third-order valence-corrected chi connectivity index (χ3v) is 4.27. The summed E-state index contributed by atoms with van der Waals surface area (Å²) in [5.41, 5.74) is 2.91. The Morgan fingerprint density at radius 2 is 2.09 bits per heavy atom. The van der Waals surface area contributed by atoms with Gasteiger partial charge in [0, 0.05) is 12.0 Å². The Bertz CT molecular complexity index is 571. The van der Waals surface area contributed by atoms with E-state index in [0.29, 0.717) is 12.3 Å². The van der Waals surface area contributed by atoms with E-state index in [4.69, 9.17) is 0 Å². The summed E-state index contributed by atoms with van der Waals surface area (Å²) in [5.74, 6) is 6.52. The summed E-state index contributed by atoms with van der Waals surface area (Å²) in [6.07, 6.45) is 9.59. The molecule has 1 unspecified atom stereocenters. The molecule has 1 aromatic rings. The van der Waals surface area contributed by atoms with E-state index in [-0.39, 0.29) is 5.78 Å². The quantitative estimate of drug-likeness (QED) is 0.182. The van der Waals surface area contributed by atoms with Crippen molar-refractivity contribution in [3.05, 3.63) is 47.5 Å². The Hall–Kier alpha value is -1.81. The molecule has 0 amide bonds. The number of rotatable bonds is 9. The van der Waals surface area contributed by atoms with E-state index in [9.17, 15) is 4.79 Å². The lowest BCUT2D eigenvalue weighted by molar-refractivity contribution is 0.105. The summed E-state index contributed by atoms with van der Waals surface area (Å²) >= 11 is 0. The molecule has 0 bridgehead atoms. The van der Waals surface area contributed by atoms with Crippen molar-refractivity contribution in [3.8, 4) is 11.8 Å². The van der Waals surface area contributed by atoms with Crippen LogP contribution in [-0.2, 0) is 6.42 Å². The predicted molar refractivity (Wildman–Crippen MR) is 99.7 cm³/mol. The fourth-order valence-corrected chi connectivity index (χ4v) is 2.75. The maximum Gasteiger partial charge on any atom is 0.236 e. The SMILES string of the molecule is C=CCc1c(C)cccc1C(=O)C#CCCC(C)CCCCC. The zero-order chi connectivity index (χ0) is 17.1. The second kappa shape index (κ2) is 10.8. The highest BCUT2D eigenvalue weighted by molar-refractivity contribution is 6.10. The first-order valence-corrected chi connectivity index (χ1v) is 8.82. The smallest absolute Gasteiger partial charge is 0.236 e. The number of ketones is 1. The van der Waals surface area contributed by atoms with Gasteiger partial charge in [0.2, 0.25) is 5.78 Å². The molecule has 0 aliphatic heterocycles. The van der Waals surface area contributed by atoms with Crippen LogP contribution in [0.2, 0.25) is 0 Å². The zero-order valence-electron chi connectivity index (χ0n) is 15.0. The van der Waals surface area contributed by atoms with Gasteiger partial charge in [0.05, 0.1) is 0 Å². The van der Waals surface area contributed by atoms with Gasteiger partial charge in [-0.25, -0.2) is 0 Å². The van der Waals surface area contributed by atoms with Crippen molar-refractivity contribution >= 4 is 5.78 Å². The number of hydrogen-bond donors (Lipinski definition) is 0. The number of Topliss-reactive ketones (excluding diaryl/α,β-unsaturated/α-hetero) is 1. The molecular weight excluding hydrogens is 280 g/mol. The Kier molecular flexibility index (Phi) is 9.07. The van der Waals surface area contributed by atoms with Gasteiger partial charge in [-0.15, -0.1) is 6.58 Å². The predicted octanol–water partition coefficient (Wildman–Crippen LogP) is 5.91. The highest BCUT2D eigenvalue weighted by Gasteiger charge is 2.10. The molecule has 0 fully saturated rings. The van der Waals surface area contributed by atoms with E-state index in [1.807, 2.05) is 31.2 Å². The molecule has 0 spiro atoms. The topological polar surface area (TPSA) is 17.1 Å². The molecule has 23 heavy (non-hydrogen) atoms. The lowest BCUT2D eigenvalue weighted by Gasteiger charge is -2.08. The van der Waals surface area contributed by atoms with E-state index >= 15 is 0 Å². The number of aryl methyl sites for hydroxylation is 1. The molecule has 1 nitrogen and oxygen atoms in total. The number of benzene rings is 1. The molecule has 124 valence electrons. The molecule has 0 aliphatic carbocycles. The van der Waals surface area contributed by atoms with E-state index in [0.717, 1.165) is 29.5 Å². The van der Waals surface area contributed by atoms with Crippen molar-refractivity contribution in [1.82, 2.24) is 0 Å². The summed E-state index contributed by atoms with van der Waals surface area (Å²) < 4.78 is 0. The van der Waals surface area contributed by atoms with Gasteiger partial charge in [-0.05, 0) is 42.7 Å². The van der Waals surface area contributed by atoms with Crippen LogP contribution in [0.3, 0.4) is 0 Å². The molecule has 0 saturated carbocycles. The molecule has 1 heteroatoms. The van der Waals surface area contributed by atoms with Crippen molar-refractivity contribution in [2.24, 2.45) is 5.92 Å². The fraction of sp³-hybridized carbons (Fsp3) is 0.500. The number of allylic oxidation sites excluding steroid dienone is 1. The van der Waals surface area contributed by atoms with Gasteiger partial charge < -0.3 is 0 Å². The number of unbranched alkanes of at least 4 members (excludes halogenated alkanes) is 2. The van der Waals surface area contributed by atoms with Gasteiger partial charge in [-0.3, -0.25) is 4.79 Å². The standard InChI is InChI=1S/C22H30O/c1-5-7-8-13-18(3)14-9-10-17-22(23)21-16-11-15-19(4)20(21)12-6-2/h6,11,15-16,18H,2,5,7-9,12-14H2,1,3-4H3. The molecule has 0 aliphatic rings. The van der Waals surface area contributed by atoms with Crippen LogP contribution >= 0.6 is 0 Å².